The number of hydrogen-bond donors (Lipinski definition) is 0. The van der Waals surface area contributed by atoms with Gasteiger partial charge in [0.25, 0.3) is 0 Å². The largest absolute Gasteiger partial charge is 0.491 e. The number of carbonyl (C=O) groups excluding carboxylic acids is 1. The number of fused-ring (bicyclic) bond motifs is 1. The highest BCUT2D eigenvalue weighted by Crippen LogP contribution is 2.40. The van der Waals surface area contributed by atoms with Crippen LogP contribution in [-0.2, 0) is 0 Å². The van der Waals surface area contributed by atoms with Gasteiger partial charge < -0.3 is 14.1 Å². The van der Waals surface area contributed by atoms with Crippen LogP contribution >= 0.6 is 15.9 Å². The Morgan fingerprint density at radius 2 is 2.00 bits per heavy atom. The van der Waals surface area contributed by atoms with E-state index in [2.05, 4.69) is 15.9 Å². The molecule has 1 aromatic heterocycles. The molecule has 0 saturated carbocycles. The molecule has 2 rings (SSSR count). The fourth-order valence-corrected chi connectivity index (χ4v) is 3.00. The lowest BCUT2D eigenvalue weighted by atomic mass is 9.98. The summed E-state index contributed by atoms with van der Waals surface area (Å²) in [6, 6.07) is 1.41. The van der Waals surface area contributed by atoms with Crippen LogP contribution in [0, 0.1) is 13.8 Å². The lowest BCUT2D eigenvalue weighted by molar-refractivity contribution is 0.101. The van der Waals surface area contributed by atoms with Gasteiger partial charge in [-0.25, -0.2) is 4.79 Å². The molecule has 23 heavy (non-hydrogen) atoms. The van der Waals surface area contributed by atoms with E-state index in [4.69, 9.17) is 9.15 Å². The molecule has 0 saturated heterocycles. The van der Waals surface area contributed by atoms with E-state index < -0.39 is 5.63 Å². The molecule has 124 valence electrons. The van der Waals surface area contributed by atoms with Gasteiger partial charge in [-0.15, -0.1) is 0 Å². The third-order valence-electron chi connectivity index (χ3n) is 3.65. The average molecular weight is 382 g/mol. The molecule has 0 aliphatic heterocycles. The minimum absolute atomic E-state index is 0.0875. The molecule has 0 bridgehead atoms. The molecule has 0 fully saturated rings. The summed E-state index contributed by atoms with van der Waals surface area (Å²) in [7, 11) is 3.90. The Hall–Kier alpha value is -1.66. The number of aryl methyl sites for hydroxylation is 1. The number of halogens is 1. The monoisotopic (exact) mass is 381 g/mol. The molecule has 0 N–H and O–H groups in total. The molecule has 0 aliphatic rings. The summed E-state index contributed by atoms with van der Waals surface area (Å²) < 4.78 is 11.9. The van der Waals surface area contributed by atoms with E-state index in [0.717, 1.165) is 5.56 Å². The highest BCUT2D eigenvalue weighted by Gasteiger charge is 2.23. The van der Waals surface area contributed by atoms with Crippen molar-refractivity contribution >= 4 is 32.7 Å². The van der Waals surface area contributed by atoms with Crippen LogP contribution in [0.25, 0.3) is 11.0 Å². The van der Waals surface area contributed by atoms with Crippen molar-refractivity contribution in [3.05, 3.63) is 37.6 Å². The Bertz CT molecular complexity index is 824. The van der Waals surface area contributed by atoms with E-state index in [-0.39, 0.29) is 5.78 Å². The molecule has 0 aliphatic carbocycles. The molecular weight excluding hydrogens is 362 g/mol. The summed E-state index contributed by atoms with van der Waals surface area (Å²) in [4.78, 5) is 25.8. The molecule has 0 unspecified atom stereocenters. The Morgan fingerprint density at radius 3 is 2.57 bits per heavy atom. The minimum atomic E-state index is -0.426. The Morgan fingerprint density at radius 1 is 1.35 bits per heavy atom. The number of benzene rings is 1. The topological polar surface area (TPSA) is 59.8 Å². The number of likely N-dealkylation sites (N-methyl/N-ethyl adjacent to an activating group) is 1. The van der Waals surface area contributed by atoms with Crippen molar-refractivity contribution in [2.75, 3.05) is 27.2 Å². The van der Waals surface area contributed by atoms with Gasteiger partial charge in [0.15, 0.2) is 11.4 Å². The van der Waals surface area contributed by atoms with Crippen molar-refractivity contribution in [2.24, 2.45) is 0 Å². The number of rotatable bonds is 5. The summed E-state index contributed by atoms with van der Waals surface area (Å²) in [6.07, 6.45) is 0. The van der Waals surface area contributed by atoms with Crippen molar-refractivity contribution in [2.45, 2.75) is 20.8 Å². The van der Waals surface area contributed by atoms with Crippen LogP contribution in [0.1, 0.15) is 28.4 Å². The van der Waals surface area contributed by atoms with E-state index in [0.29, 0.717) is 45.5 Å². The number of ketones is 1. The van der Waals surface area contributed by atoms with Crippen LogP contribution in [0.3, 0.4) is 0 Å². The number of nitrogens with zero attached hydrogens (tertiary/aromatic N) is 1. The second-order valence-corrected chi connectivity index (χ2v) is 6.60. The molecule has 5 nitrogen and oxygen atoms in total. The maximum absolute atomic E-state index is 12.2. The fourth-order valence-electron chi connectivity index (χ4n) is 2.52. The highest BCUT2D eigenvalue weighted by molar-refractivity contribution is 9.10. The van der Waals surface area contributed by atoms with Gasteiger partial charge >= 0.3 is 5.63 Å². The maximum atomic E-state index is 12.2. The lowest BCUT2D eigenvalue weighted by Crippen LogP contribution is -2.20. The van der Waals surface area contributed by atoms with Gasteiger partial charge in [-0.05, 0) is 61.9 Å². The highest BCUT2D eigenvalue weighted by atomic mass is 79.9. The molecule has 0 spiro atoms. The number of Topliss-reactive ketones (excluding diaryl/α,β-unsaturated/α-hetero) is 1. The third-order valence-corrected chi connectivity index (χ3v) is 4.61. The quantitative estimate of drug-likeness (QED) is 0.587. The van der Waals surface area contributed by atoms with Crippen LogP contribution in [0.15, 0.2) is 19.8 Å². The lowest BCUT2D eigenvalue weighted by Gasteiger charge is -2.18. The van der Waals surface area contributed by atoms with Gasteiger partial charge in [-0.1, -0.05) is 0 Å². The van der Waals surface area contributed by atoms with E-state index in [1.807, 2.05) is 25.9 Å². The first kappa shape index (κ1) is 17.7. The molecule has 0 atom stereocenters. The van der Waals surface area contributed by atoms with Gasteiger partial charge in [0.05, 0.1) is 15.4 Å². The van der Waals surface area contributed by atoms with Crippen LogP contribution < -0.4 is 10.4 Å². The maximum Gasteiger partial charge on any atom is 0.336 e. The zero-order chi connectivity index (χ0) is 17.3. The van der Waals surface area contributed by atoms with Crippen molar-refractivity contribution in [3.8, 4) is 5.75 Å². The summed E-state index contributed by atoms with van der Waals surface area (Å²) in [5.41, 5.74) is 1.93. The van der Waals surface area contributed by atoms with Crippen molar-refractivity contribution < 1.29 is 13.9 Å². The molecule has 6 heteroatoms. The van der Waals surface area contributed by atoms with E-state index in [1.165, 1.54) is 13.0 Å². The van der Waals surface area contributed by atoms with E-state index in [1.54, 1.807) is 6.92 Å². The third kappa shape index (κ3) is 3.48. The van der Waals surface area contributed by atoms with Crippen molar-refractivity contribution in [1.29, 1.82) is 0 Å². The predicted molar refractivity (Wildman–Crippen MR) is 93.7 cm³/mol. The standard InChI is InChI=1S/C17H20BrNO4/c1-9-8-12(21)23-17-13(9)16(22-7-6-19(4)5)14(11(3)20)10(2)15(17)18/h8H,6-7H2,1-5H3. The second-order valence-electron chi connectivity index (χ2n) is 5.80. The van der Waals surface area contributed by atoms with Gasteiger partial charge in [0.1, 0.15) is 12.4 Å². The summed E-state index contributed by atoms with van der Waals surface area (Å²) >= 11 is 3.45. The van der Waals surface area contributed by atoms with Gasteiger partial charge in [-0.3, -0.25) is 4.79 Å². The first-order chi connectivity index (χ1) is 10.7. The van der Waals surface area contributed by atoms with Crippen LogP contribution in [0.4, 0.5) is 0 Å². The van der Waals surface area contributed by atoms with Gasteiger partial charge in [0.2, 0.25) is 0 Å². The van der Waals surface area contributed by atoms with E-state index >= 15 is 0 Å². The first-order valence-corrected chi connectivity index (χ1v) is 8.08. The smallest absolute Gasteiger partial charge is 0.336 e. The molecular formula is C17H20BrNO4. The Labute approximate surface area is 143 Å². The second kappa shape index (κ2) is 6.84. The van der Waals surface area contributed by atoms with Crippen LogP contribution in [-0.4, -0.2) is 37.9 Å². The Balaban J connectivity index is 2.78. The number of hydrogen-bond acceptors (Lipinski definition) is 5. The molecule has 1 heterocycles. The number of carbonyl (C=O) groups is 1. The summed E-state index contributed by atoms with van der Waals surface area (Å²) in [5, 5.41) is 0.658. The Kier molecular flexibility index (Phi) is 5.26. The molecule has 1 aromatic carbocycles. The molecule has 2 aromatic rings. The van der Waals surface area contributed by atoms with Crippen LogP contribution in [0.5, 0.6) is 5.75 Å². The van der Waals surface area contributed by atoms with Crippen LogP contribution in [0.2, 0.25) is 0 Å². The summed E-state index contributed by atoms with van der Waals surface area (Å²) in [5.74, 6) is 0.395. The average Bonchev–Trinajstić information content (AvgIpc) is 2.42. The minimum Gasteiger partial charge on any atom is -0.491 e. The first-order valence-electron chi connectivity index (χ1n) is 7.29. The zero-order valence-corrected chi connectivity index (χ0v) is 15.5. The number of ether oxygens (including phenoxy) is 1. The molecule has 0 amide bonds. The zero-order valence-electron chi connectivity index (χ0n) is 13.9. The fraction of sp³-hybridized carbons (Fsp3) is 0.412. The summed E-state index contributed by atoms with van der Waals surface area (Å²) in [6.45, 7) is 6.27. The predicted octanol–water partition coefficient (Wildman–Crippen LogP) is 3.32. The van der Waals surface area contributed by atoms with Gasteiger partial charge in [0, 0.05) is 12.6 Å². The normalized spacial score (nSPS) is 11.3. The van der Waals surface area contributed by atoms with E-state index in [9.17, 15) is 9.59 Å². The SMILES string of the molecule is CC(=O)c1c(C)c(Br)c2oc(=O)cc(C)c2c1OCCN(C)C. The molecule has 0 radical (unpaired) electrons. The van der Waals surface area contributed by atoms with Crippen molar-refractivity contribution in [1.82, 2.24) is 4.90 Å². The van der Waals surface area contributed by atoms with Crippen molar-refractivity contribution in [3.63, 3.8) is 0 Å². The van der Waals surface area contributed by atoms with Gasteiger partial charge in [-0.2, -0.15) is 0 Å².